The molecule has 7 heteroatoms. The van der Waals surface area contributed by atoms with Crippen molar-refractivity contribution in [1.82, 2.24) is 4.72 Å². The predicted octanol–water partition coefficient (Wildman–Crippen LogP) is 2.69. The first-order valence-electron chi connectivity index (χ1n) is 6.17. The highest BCUT2D eigenvalue weighted by atomic mass is 79.9. The third-order valence-corrected chi connectivity index (χ3v) is 4.86. The Morgan fingerprint density at radius 1 is 1.14 bits per heavy atom. The van der Waals surface area contributed by atoms with Crippen LogP contribution in [0.25, 0.3) is 0 Å². The quantitative estimate of drug-likeness (QED) is 0.792. The van der Waals surface area contributed by atoms with E-state index in [-0.39, 0.29) is 11.4 Å². The van der Waals surface area contributed by atoms with Gasteiger partial charge in [0.2, 0.25) is 10.0 Å². The molecule has 0 spiro atoms. The Hall–Kier alpha value is -1.44. The molecule has 0 aliphatic carbocycles. The molecule has 4 nitrogen and oxygen atoms in total. The van der Waals surface area contributed by atoms with E-state index in [1.165, 1.54) is 12.1 Å². The van der Waals surface area contributed by atoms with Crippen molar-refractivity contribution in [2.45, 2.75) is 11.3 Å². The number of benzene rings is 2. The van der Waals surface area contributed by atoms with Gasteiger partial charge < -0.3 is 5.73 Å². The molecule has 112 valence electrons. The number of sulfonamides is 1. The number of rotatable bonds is 5. The second-order valence-electron chi connectivity index (χ2n) is 4.46. The molecule has 0 aliphatic heterocycles. The fraction of sp³-hybridized carbons (Fsp3) is 0.143. The number of nitrogens with one attached hydrogen (secondary N) is 1. The van der Waals surface area contributed by atoms with Crippen LogP contribution in [0.1, 0.15) is 5.56 Å². The van der Waals surface area contributed by atoms with Crippen molar-refractivity contribution in [2.24, 2.45) is 0 Å². The van der Waals surface area contributed by atoms with Gasteiger partial charge in [-0.2, -0.15) is 0 Å². The molecule has 0 saturated heterocycles. The maximum absolute atomic E-state index is 13.7. The highest BCUT2D eigenvalue weighted by molar-refractivity contribution is 9.10. The minimum atomic E-state index is -3.86. The fourth-order valence-corrected chi connectivity index (χ4v) is 3.21. The maximum Gasteiger partial charge on any atom is 0.243 e. The van der Waals surface area contributed by atoms with Gasteiger partial charge in [0.1, 0.15) is 10.7 Å². The molecule has 0 bridgehead atoms. The Kier molecular flexibility index (Phi) is 4.97. The largest absolute Gasteiger partial charge is 0.399 e. The van der Waals surface area contributed by atoms with Gasteiger partial charge >= 0.3 is 0 Å². The van der Waals surface area contributed by atoms with Gasteiger partial charge in [-0.1, -0.05) is 28.1 Å². The second-order valence-corrected chi connectivity index (χ2v) is 7.12. The van der Waals surface area contributed by atoms with Gasteiger partial charge in [0.15, 0.2) is 0 Å². The second kappa shape index (κ2) is 6.55. The lowest BCUT2D eigenvalue weighted by Gasteiger charge is -2.08. The van der Waals surface area contributed by atoms with Crippen molar-refractivity contribution in [1.29, 1.82) is 0 Å². The van der Waals surface area contributed by atoms with Crippen LogP contribution in [0.15, 0.2) is 51.8 Å². The molecule has 0 aliphatic rings. The monoisotopic (exact) mass is 372 g/mol. The van der Waals surface area contributed by atoms with E-state index in [0.29, 0.717) is 16.6 Å². The summed E-state index contributed by atoms with van der Waals surface area (Å²) in [6, 6.07) is 11.0. The highest BCUT2D eigenvalue weighted by Gasteiger charge is 2.18. The molecule has 2 aromatic carbocycles. The molecule has 0 unspecified atom stereocenters. The van der Waals surface area contributed by atoms with Gasteiger partial charge in [-0.05, 0) is 42.3 Å². The van der Waals surface area contributed by atoms with Crippen molar-refractivity contribution in [2.75, 3.05) is 12.3 Å². The molecular formula is C14H14BrFN2O2S. The summed E-state index contributed by atoms with van der Waals surface area (Å²) in [5.41, 5.74) is 7.17. The van der Waals surface area contributed by atoms with Crippen LogP contribution in [0.5, 0.6) is 0 Å². The minimum Gasteiger partial charge on any atom is -0.399 e. The Bertz CT molecular complexity index is 733. The SMILES string of the molecule is Nc1ccc(CCNS(=O)(=O)c2ccc(Br)cc2F)cc1. The summed E-state index contributed by atoms with van der Waals surface area (Å²) < 4.78 is 40.6. The summed E-state index contributed by atoms with van der Waals surface area (Å²) >= 11 is 3.09. The van der Waals surface area contributed by atoms with E-state index in [1.807, 2.05) is 12.1 Å². The number of anilines is 1. The van der Waals surface area contributed by atoms with Crippen LogP contribution in [0, 0.1) is 5.82 Å². The van der Waals surface area contributed by atoms with Gasteiger partial charge in [0.05, 0.1) is 0 Å². The molecule has 21 heavy (non-hydrogen) atoms. The number of hydrogen-bond acceptors (Lipinski definition) is 3. The zero-order valence-corrected chi connectivity index (χ0v) is 13.4. The van der Waals surface area contributed by atoms with Crippen molar-refractivity contribution in [3.8, 4) is 0 Å². The lowest BCUT2D eigenvalue weighted by Crippen LogP contribution is -2.26. The third-order valence-electron chi connectivity index (χ3n) is 2.87. The Morgan fingerprint density at radius 2 is 1.81 bits per heavy atom. The molecule has 0 saturated carbocycles. The Morgan fingerprint density at radius 3 is 2.43 bits per heavy atom. The Balaban J connectivity index is 2.03. The molecule has 2 rings (SSSR count). The van der Waals surface area contributed by atoms with Crippen molar-refractivity contribution in [3.63, 3.8) is 0 Å². The van der Waals surface area contributed by atoms with Crippen molar-refractivity contribution in [3.05, 3.63) is 58.3 Å². The van der Waals surface area contributed by atoms with E-state index in [9.17, 15) is 12.8 Å². The third kappa shape index (κ3) is 4.26. The molecule has 2 aromatic rings. The first-order chi connectivity index (χ1) is 9.88. The molecular weight excluding hydrogens is 359 g/mol. The predicted molar refractivity (Wildman–Crippen MR) is 83.8 cm³/mol. The lowest BCUT2D eigenvalue weighted by atomic mass is 10.1. The molecule has 0 aromatic heterocycles. The molecule has 0 fully saturated rings. The average Bonchev–Trinajstić information content (AvgIpc) is 2.40. The molecule has 3 N–H and O–H groups in total. The topological polar surface area (TPSA) is 72.2 Å². The smallest absolute Gasteiger partial charge is 0.243 e. The van der Waals surface area contributed by atoms with E-state index in [1.54, 1.807) is 12.1 Å². The first kappa shape index (κ1) is 15.9. The van der Waals surface area contributed by atoms with Crippen LogP contribution in [0.3, 0.4) is 0 Å². The summed E-state index contributed by atoms with van der Waals surface area (Å²) in [5, 5.41) is 0. The van der Waals surface area contributed by atoms with Crippen molar-refractivity contribution >= 4 is 31.6 Å². The van der Waals surface area contributed by atoms with E-state index in [0.717, 1.165) is 11.6 Å². The fourth-order valence-electron chi connectivity index (χ4n) is 1.78. The van der Waals surface area contributed by atoms with Gasteiger partial charge in [-0.3, -0.25) is 0 Å². The maximum atomic E-state index is 13.7. The van der Waals surface area contributed by atoms with Crippen molar-refractivity contribution < 1.29 is 12.8 Å². The number of nitrogens with two attached hydrogens (primary N) is 1. The van der Waals surface area contributed by atoms with Crippen LogP contribution in [-0.2, 0) is 16.4 Å². The first-order valence-corrected chi connectivity index (χ1v) is 8.45. The van der Waals surface area contributed by atoms with Gasteiger partial charge in [-0.25, -0.2) is 17.5 Å². The van der Waals surface area contributed by atoms with Gasteiger partial charge in [0, 0.05) is 16.7 Å². The summed E-state index contributed by atoms with van der Waals surface area (Å²) in [4.78, 5) is -0.358. The normalized spacial score (nSPS) is 11.5. The van der Waals surface area contributed by atoms with Crippen LogP contribution >= 0.6 is 15.9 Å². The lowest BCUT2D eigenvalue weighted by molar-refractivity contribution is 0.556. The molecule has 0 radical (unpaired) electrons. The van der Waals surface area contributed by atoms with Crippen LogP contribution < -0.4 is 10.5 Å². The van der Waals surface area contributed by atoms with E-state index < -0.39 is 15.8 Å². The Labute approximate surface area is 131 Å². The molecule has 0 heterocycles. The zero-order chi connectivity index (χ0) is 15.5. The van der Waals surface area contributed by atoms with E-state index in [4.69, 9.17) is 5.73 Å². The minimum absolute atomic E-state index is 0.182. The average molecular weight is 373 g/mol. The van der Waals surface area contributed by atoms with Gasteiger partial charge in [-0.15, -0.1) is 0 Å². The van der Waals surface area contributed by atoms with Crippen LogP contribution in [0.2, 0.25) is 0 Å². The zero-order valence-electron chi connectivity index (χ0n) is 11.0. The highest BCUT2D eigenvalue weighted by Crippen LogP contribution is 2.19. The van der Waals surface area contributed by atoms with Crippen LogP contribution in [0.4, 0.5) is 10.1 Å². The molecule has 0 amide bonds. The summed E-state index contributed by atoms with van der Waals surface area (Å²) in [6.45, 7) is 0.182. The summed E-state index contributed by atoms with van der Waals surface area (Å²) in [6.07, 6.45) is 0.498. The number of nitrogen functional groups attached to an aromatic ring is 1. The number of hydrogen-bond donors (Lipinski definition) is 2. The number of halogens is 2. The standard InChI is InChI=1S/C14H14BrFN2O2S/c15-11-3-6-14(13(16)9-11)21(19,20)18-8-7-10-1-4-12(17)5-2-10/h1-6,9,18H,7-8,17H2. The summed E-state index contributed by atoms with van der Waals surface area (Å²) in [5.74, 6) is -0.788. The van der Waals surface area contributed by atoms with E-state index >= 15 is 0 Å². The summed E-state index contributed by atoms with van der Waals surface area (Å²) in [7, 11) is -3.86. The van der Waals surface area contributed by atoms with Gasteiger partial charge in [0.25, 0.3) is 0 Å². The van der Waals surface area contributed by atoms with E-state index in [2.05, 4.69) is 20.7 Å². The van der Waals surface area contributed by atoms with Crippen LogP contribution in [-0.4, -0.2) is 15.0 Å². The molecule has 0 atom stereocenters.